The van der Waals surface area contributed by atoms with Gasteiger partial charge in [-0.05, 0) is 47.5 Å². The Balaban J connectivity index is 2.67. The lowest BCUT2D eigenvalue weighted by molar-refractivity contribution is 0.208. The van der Waals surface area contributed by atoms with Gasteiger partial charge in [-0.25, -0.2) is 4.39 Å². The molecule has 1 rings (SSSR count). The van der Waals surface area contributed by atoms with Gasteiger partial charge >= 0.3 is 0 Å². The minimum absolute atomic E-state index is 0.168. The van der Waals surface area contributed by atoms with Crippen LogP contribution in [0.1, 0.15) is 26.7 Å². The Kier molecular flexibility index (Phi) is 4.39. The van der Waals surface area contributed by atoms with E-state index < -0.39 is 0 Å². The maximum absolute atomic E-state index is 12.7. The zero-order chi connectivity index (χ0) is 10.6. The molecule has 0 aliphatic carbocycles. The lowest BCUT2D eigenvalue weighted by Crippen LogP contribution is -2.11. The first kappa shape index (κ1) is 11.5. The molecule has 0 saturated heterocycles. The van der Waals surface area contributed by atoms with Crippen LogP contribution in [0.5, 0.6) is 5.75 Å². The van der Waals surface area contributed by atoms with E-state index in [9.17, 15) is 4.39 Å². The summed E-state index contributed by atoms with van der Waals surface area (Å²) in [5.41, 5.74) is 0. The molecule has 0 spiro atoms. The highest BCUT2D eigenvalue weighted by Crippen LogP contribution is 2.26. The summed E-state index contributed by atoms with van der Waals surface area (Å²) in [7, 11) is 0. The van der Waals surface area contributed by atoms with Gasteiger partial charge in [0.15, 0.2) is 0 Å². The topological polar surface area (TPSA) is 9.23 Å². The Morgan fingerprint density at radius 2 is 2.21 bits per heavy atom. The van der Waals surface area contributed by atoms with E-state index in [1.165, 1.54) is 12.1 Å². The second-order valence-corrected chi connectivity index (χ2v) is 4.15. The lowest BCUT2D eigenvalue weighted by atomic mass is 10.2. The van der Waals surface area contributed by atoms with Crippen LogP contribution in [0.15, 0.2) is 22.7 Å². The van der Waals surface area contributed by atoms with Gasteiger partial charge in [0, 0.05) is 0 Å². The highest BCUT2D eigenvalue weighted by Gasteiger charge is 2.06. The van der Waals surface area contributed by atoms with Gasteiger partial charge in [-0.3, -0.25) is 0 Å². The fourth-order valence-corrected chi connectivity index (χ4v) is 1.70. The molecule has 0 amide bonds. The molecular weight excluding hydrogens is 247 g/mol. The molecule has 0 aromatic heterocycles. The number of ether oxygens (including phenoxy) is 1. The number of halogens is 2. The van der Waals surface area contributed by atoms with Crippen LogP contribution in [-0.2, 0) is 0 Å². The standard InChI is InChI=1S/C11H14BrFO/c1-3-4-8(2)14-11-6-5-9(13)7-10(11)12/h5-8H,3-4H2,1-2H3. The molecule has 0 radical (unpaired) electrons. The van der Waals surface area contributed by atoms with E-state index in [0.717, 1.165) is 12.8 Å². The van der Waals surface area contributed by atoms with Crippen molar-refractivity contribution in [3.8, 4) is 5.75 Å². The Morgan fingerprint density at radius 1 is 1.50 bits per heavy atom. The van der Waals surface area contributed by atoms with E-state index in [1.54, 1.807) is 6.07 Å². The number of benzene rings is 1. The maximum Gasteiger partial charge on any atom is 0.134 e. The van der Waals surface area contributed by atoms with Gasteiger partial charge in [0.2, 0.25) is 0 Å². The number of hydrogen-bond acceptors (Lipinski definition) is 1. The molecule has 78 valence electrons. The van der Waals surface area contributed by atoms with Crippen molar-refractivity contribution < 1.29 is 9.13 Å². The van der Waals surface area contributed by atoms with Crippen molar-refractivity contribution in [2.75, 3.05) is 0 Å². The fraction of sp³-hybridized carbons (Fsp3) is 0.455. The van der Waals surface area contributed by atoms with Gasteiger partial charge in [-0.2, -0.15) is 0 Å². The molecule has 14 heavy (non-hydrogen) atoms. The molecule has 0 fully saturated rings. The van der Waals surface area contributed by atoms with E-state index >= 15 is 0 Å². The van der Waals surface area contributed by atoms with Crippen LogP contribution in [0, 0.1) is 5.82 Å². The van der Waals surface area contributed by atoms with E-state index in [-0.39, 0.29) is 11.9 Å². The molecule has 3 heteroatoms. The summed E-state index contributed by atoms with van der Waals surface area (Å²) in [5, 5.41) is 0. The van der Waals surface area contributed by atoms with Crippen molar-refractivity contribution in [3.63, 3.8) is 0 Å². The van der Waals surface area contributed by atoms with Crippen LogP contribution in [0.3, 0.4) is 0 Å². The first-order valence-electron chi connectivity index (χ1n) is 4.75. The molecule has 1 aromatic rings. The van der Waals surface area contributed by atoms with Crippen molar-refractivity contribution in [3.05, 3.63) is 28.5 Å². The average Bonchev–Trinajstić information content (AvgIpc) is 2.10. The summed E-state index contributed by atoms with van der Waals surface area (Å²) in [5.74, 6) is 0.444. The SMILES string of the molecule is CCCC(C)Oc1ccc(F)cc1Br. The second kappa shape index (κ2) is 5.35. The Hall–Kier alpha value is -0.570. The van der Waals surface area contributed by atoms with Crippen molar-refractivity contribution in [2.24, 2.45) is 0 Å². The molecular formula is C11H14BrFO. The predicted octanol–water partition coefficient (Wildman–Crippen LogP) is 4.16. The van der Waals surface area contributed by atoms with E-state index in [2.05, 4.69) is 22.9 Å². The summed E-state index contributed by atoms with van der Waals surface area (Å²) in [6.45, 7) is 4.12. The second-order valence-electron chi connectivity index (χ2n) is 3.29. The van der Waals surface area contributed by atoms with Crippen molar-refractivity contribution in [1.82, 2.24) is 0 Å². The average molecular weight is 261 g/mol. The zero-order valence-electron chi connectivity index (χ0n) is 8.39. The van der Waals surface area contributed by atoms with Crippen LogP contribution in [0.2, 0.25) is 0 Å². The Bertz CT molecular complexity index is 301. The van der Waals surface area contributed by atoms with E-state index in [0.29, 0.717) is 10.2 Å². The summed E-state index contributed by atoms with van der Waals surface area (Å²) < 4.78 is 19.0. The summed E-state index contributed by atoms with van der Waals surface area (Å²) in [4.78, 5) is 0. The smallest absolute Gasteiger partial charge is 0.134 e. The predicted molar refractivity (Wildman–Crippen MR) is 59.1 cm³/mol. The lowest BCUT2D eigenvalue weighted by Gasteiger charge is -2.14. The molecule has 0 bridgehead atoms. The maximum atomic E-state index is 12.7. The van der Waals surface area contributed by atoms with Gasteiger partial charge in [0.1, 0.15) is 11.6 Å². The van der Waals surface area contributed by atoms with Crippen LogP contribution < -0.4 is 4.74 Å². The van der Waals surface area contributed by atoms with Crippen molar-refractivity contribution in [1.29, 1.82) is 0 Å². The molecule has 0 aliphatic rings. The third-order valence-corrected chi connectivity index (χ3v) is 2.54. The monoisotopic (exact) mass is 260 g/mol. The van der Waals surface area contributed by atoms with Crippen molar-refractivity contribution in [2.45, 2.75) is 32.8 Å². The highest BCUT2D eigenvalue weighted by molar-refractivity contribution is 9.10. The Morgan fingerprint density at radius 3 is 2.79 bits per heavy atom. The minimum Gasteiger partial charge on any atom is -0.490 e. The molecule has 1 aromatic carbocycles. The summed E-state index contributed by atoms with van der Waals surface area (Å²) in [6, 6.07) is 4.46. The number of hydrogen-bond donors (Lipinski definition) is 0. The molecule has 0 aliphatic heterocycles. The van der Waals surface area contributed by atoms with Gasteiger partial charge in [0.25, 0.3) is 0 Å². The van der Waals surface area contributed by atoms with Gasteiger partial charge < -0.3 is 4.74 Å². The highest BCUT2D eigenvalue weighted by atomic mass is 79.9. The largest absolute Gasteiger partial charge is 0.490 e. The van der Waals surface area contributed by atoms with Crippen LogP contribution in [0.4, 0.5) is 4.39 Å². The first-order chi connectivity index (χ1) is 6.63. The van der Waals surface area contributed by atoms with Crippen molar-refractivity contribution >= 4 is 15.9 Å². The summed E-state index contributed by atoms with van der Waals surface area (Å²) in [6.07, 6.45) is 2.26. The normalized spacial score (nSPS) is 12.6. The molecule has 0 saturated carbocycles. The Labute approximate surface area is 92.4 Å². The van der Waals surface area contributed by atoms with Crippen LogP contribution >= 0.6 is 15.9 Å². The van der Waals surface area contributed by atoms with Gasteiger partial charge in [-0.15, -0.1) is 0 Å². The molecule has 1 nitrogen and oxygen atoms in total. The zero-order valence-corrected chi connectivity index (χ0v) is 9.97. The van der Waals surface area contributed by atoms with Crippen LogP contribution in [0.25, 0.3) is 0 Å². The molecule has 1 atom stereocenters. The molecule has 0 N–H and O–H groups in total. The third-order valence-electron chi connectivity index (χ3n) is 1.92. The minimum atomic E-state index is -0.257. The van der Waals surface area contributed by atoms with E-state index in [4.69, 9.17) is 4.74 Å². The first-order valence-corrected chi connectivity index (χ1v) is 5.54. The quantitative estimate of drug-likeness (QED) is 0.790. The third kappa shape index (κ3) is 3.29. The molecule has 1 unspecified atom stereocenters. The fourth-order valence-electron chi connectivity index (χ4n) is 1.25. The van der Waals surface area contributed by atoms with Gasteiger partial charge in [0.05, 0.1) is 10.6 Å². The molecule has 0 heterocycles. The number of rotatable bonds is 4. The summed E-state index contributed by atoms with van der Waals surface area (Å²) >= 11 is 3.26. The van der Waals surface area contributed by atoms with Crippen LogP contribution in [-0.4, -0.2) is 6.10 Å². The van der Waals surface area contributed by atoms with E-state index in [1.807, 2.05) is 6.92 Å². The van der Waals surface area contributed by atoms with Gasteiger partial charge in [-0.1, -0.05) is 13.3 Å².